The number of ether oxygens (including phenoxy) is 1. The van der Waals surface area contributed by atoms with Gasteiger partial charge in [0.2, 0.25) is 5.43 Å². The lowest BCUT2D eigenvalue weighted by Crippen LogP contribution is -2.50. The van der Waals surface area contributed by atoms with Gasteiger partial charge in [-0.3, -0.25) is 4.79 Å². The Labute approximate surface area is 179 Å². The number of hydrogen-bond acceptors (Lipinski definition) is 6. The van der Waals surface area contributed by atoms with Gasteiger partial charge in [-0.15, -0.1) is 0 Å². The van der Waals surface area contributed by atoms with Crippen LogP contribution in [-0.2, 0) is 0 Å². The molecule has 160 valence electrons. The molecule has 4 atom stereocenters. The monoisotopic (exact) mass is 420 g/mol. The third-order valence-electron chi connectivity index (χ3n) is 6.76. The fourth-order valence-electron chi connectivity index (χ4n) is 5.15. The summed E-state index contributed by atoms with van der Waals surface area (Å²) < 4.78 is 12.1. The lowest BCUT2D eigenvalue weighted by Gasteiger charge is -2.42. The van der Waals surface area contributed by atoms with Crippen molar-refractivity contribution in [2.75, 3.05) is 0 Å². The molecule has 2 aliphatic rings. The van der Waals surface area contributed by atoms with E-state index in [2.05, 4.69) is 6.58 Å². The van der Waals surface area contributed by atoms with Crippen LogP contribution in [0.3, 0.4) is 0 Å². The molecule has 2 aromatic carbocycles. The van der Waals surface area contributed by atoms with Gasteiger partial charge in [-0.05, 0) is 50.3 Å². The van der Waals surface area contributed by atoms with Crippen molar-refractivity contribution in [3.05, 3.63) is 64.5 Å². The molecular weight excluding hydrogens is 396 g/mol. The highest BCUT2D eigenvalue weighted by atomic mass is 16.5. The number of phenolic OH excluding ortho intramolecular Hbond substituents is 2. The van der Waals surface area contributed by atoms with Crippen molar-refractivity contribution < 1.29 is 24.5 Å². The van der Waals surface area contributed by atoms with Gasteiger partial charge in [0.05, 0.1) is 11.2 Å². The SMILES string of the molecule is C=C(C)C1CCC(C)(O)C2Oc3cc(O)c4c(=O)c(-c5ccc(O)cc5)coc4c3C12. The van der Waals surface area contributed by atoms with E-state index in [1.54, 1.807) is 19.1 Å². The number of allylic oxidation sites excluding steroid dienone is 1. The van der Waals surface area contributed by atoms with Gasteiger partial charge in [-0.25, -0.2) is 0 Å². The van der Waals surface area contributed by atoms with Gasteiger partial charge in [-0.2, -0.15) is 0 Å². The smallest absolute Gasteiger partial charge is 0.204 e. The Kier molecular flexibility index (Phi) is 4.21. The number of aromatic hydroxyl groups is 2. The van der Waals surface area contributed by atoms with Crippen LogP contribution in [-0.4, -0.2) is 27.0 Å². The van der Waals surface area contributed by atoms with E-state index in [4.69, 9.17) is 9.15 Å². The summed E-state index contributed by atoms with van der Waals surface area (Å²) in [6.07, 6.45) is 2.16. The molecule has 0 saturated heterocycles. The van der Waals surface area contributed by atoms with Crippen LogP contribution in [0.4, 0.5) is 0 Å². The van der Waals surface area contributed by atoms with E-state index in [1.165, 1.54) is 24.5 Å². The highest BCUT2D eigenvalue weighted by molar-refractivity contribution is 5.92. The lowest BCUT2D eigenvalue weighted by molar-refractivity contribution is -0.0823. The predicted octanol–water partition coefficient (Wildman–Crippen LogP) is 4.45. The Hall–Kier alpha value is -3.25. The number of fused-ring (bicyclic) bond motifs is 5. The van der Waals surface area contributed by atoms with Gasteiger partial charge in [-0.1, -0.05) is 24.3 Å². The standard InChI is InChI=1S/C25H24O6/c1-12(2)15-8-9-25(3,29)24-19(15)21-18(31-24)10-17(27)20-22(28)16(11-30-23(20)21)13-4-6-14(26)7-5-13/h4-7,10-11,15,19,24,26-27,29H,1,8-9H2,2-3H3. The van der Waals surface area contributed by atoms with Gasteiger partial charge in [0.1, 0.15) is 40.6 Å². The summed E-state index contributed by atoms with van der Waals surface area (Å²) in [7, 11) is 0. The van der Waals surface area contributed by atoms with Crippen LogP contribution in [0.1, 0.15) is 38.2 Å². The second kappa shape index (κ2) is 6.62. The van der Waals surface area contributed by atoms with E-state index in [9.17, 15) is 20.1 Å². The molecule has 3 N–H and O–H groups in total. The Morgan fingerprint density at radius 3 is 2.61 bits per heavy atom. The third kappa shape index (κ3) is 2.86. The molecule has 0 spiro atoms. The van der Waals surface area contributed by atoms with E-state index < -0.39 is 11.7 Å². The van der Waals surface area contributed by atoms with Gasteiger partial charge in [0, 0.05) is 17.5 Å². The second-order valence-electron chi connectivity index (χ2n) is 8.95. The maximum absolute atomic E-state index is 13.3. The molecule has 6 heteroatoms. The summed E-state index contributed by atoms with van der Waals surface area (Å²) >= 11 is 0. The average Bonchev–Trinajstić information content (AvgIpc) is 3.09. The first kappa shape index (κ1) is 19.7. The number of hydrogen-bond donors (Lipinski definition) is 3. The largest absolute Gasteiger partial charge is 0.508 e. The molecule has 1 saturated carbocycles. The Morgan fingerprint density at radius 1 is 1.23 bits per heavy atom. The van der Waals surface area contributed by atoms with Crippen LogP contribution < -0.4 is 10.2 Å². The zero-order valence-corrected chi connectivity index (χ0v) is 17.4. The minimum Gasteiger partial charge on any atom is -0.508 e. The molecular formula is C25H24O6. The molecule has 0 radical (unpaired) electrons. The van der Waals surface area contributed by atoms with Crippen LogP contribution in [0.5, 0.6) is 17.2 Å². The van der Waals surface area contributed by atoms with E-state index in [-0.39, 0.29) is 45.3 Å². The molecule has 6 nitrogen and oxygen atoms in total. The molecule has 1 fully saturated rings. The van der Waals surface area contributed by atoms with Crippen LogP contribution in [0.25, 0.3) is 22.1 Å². The van der Waals surface area contributed by atoms with Crippen molar-refractivity contribution in [2.45, 2.75) is 44.3 Å². The van der Waals surface area contributed by atoms with E-state index in [1.807, 2.05) is 6.92 Å². The van der Waals surface area contributed by atoms with Gasteiger partial charge in [0.15, 0.2) is 0 Å². The van der Waals surface area contributed by atoms with E-state index >= 15 is 0 Å². The van der Waals surface area contributed by atoms with Gasteiger partial charge < -0.3 is 24.5 Å². The zero-order chi connectivity index (χ0) is 22.1. The van der Waals surface area contributed by atoms with Crippen molar-refractivity contribution in [1.29, 1.82) is 0 Å². The summed E-state index contributed by atoms with van der Waals surface area (Å²) in [4.78, 5) is 13.3. The minimum atomic E-state index is -1.05. The van der Waals surface area contributed by atoms with Crippen molar-refractivity contribution in [3.63, 3.8) is 0 Å². The Morgan fingerprint density at radius 2 is 1.94 bits per heavy atom. The fourth-order valence-corrected chi connectivity index (χ4v) is 5.15. The third-order valence-corrected chi connectivity index (χ3v) is 6.76. The van der Waals surface area contributed by atoms with Crippen molar-refractivity contribution in [3.8, 4) is 28.4 Å². The number of aliphatic hydroxyl groups is 1. The molecule has 0 bridgehead atoms. The Balaban J connectivity index is 1.76. The topological polar surface area (TPSA) is 100 Å². The second-order valence-corrected chi connectivity index (χ2v) is 8.95. The lowest BCUT2D eigenvalue weighted by atomic mass is 9.66. The molecule has 5 rings (SSSR count). The van der Waals surface area contributed by atoms with Crippen molar-refractivity contribution in [2.24, 2.45) is 5.92 Å². The first-order valence-corrected chi connectivity index (χ1v) is 10.3. The molecule has 3 aromatic rings. The number of phenols is 2. The summed E-state index contributed by atoms with van der Waals surface area (Å²) in [5, 5.41) is 31.3. The molecule has 2 heterocycles. The van der Waals surface area contributed by atoms with Gasteiger partial charge in [0.25, 0.3) is 0 Å². The first-order chi connectivity index (χ1) is 14.7. The predicted molar refractivity (Wildman–Crippen MR) is 117 cm³/mol. The number of rotatable bonds is 2. The van der Waals surface area contributed by atoms with Crippen LogP contribution in [0.15, 0.2) is 58.0 Å². The summed E-state index contributed by atoms with van der Waals surface area (Å²) in [6, 6.07) is 7.65. The highest BCUT2D eigenvalue weighted by Crippen LogP contribution is 2.56. The molecule has 1 aromatic heterocycles. The minimum absolute atomic E-state index is 0.0568. The zero-order valence-electron chi connectivity index (χ0n) is 17.4. The maximum Gasteiger partial charge on any atom is 0.204 e. The molecule has 1 aliphatic carbocycles. The number of benzene rings is 2. The highest BCUT2D eigenvalue weighted by Gasteiger charge is 2.53. The van der Waals surface area contributed by atoms with Gasteiger partial charge >= 0.3 is 0 Å². The molecule has 0 amide bonds. The van der Waals surface area contributed by atoms with Crippen LogP contribution >= 0.6 is 0 Å². The van der Waals surface area contributed by atoms with Crippen molar-refractivity contribution in [1.82, 2.24) is 0 Å². The first-order valence-electron chi connectivity index (χ1n) is 10.3. The van der Waals surface area contributed by atoms with Crippen LogP contribution in [0.2, 0.25) is 0 Å². The molecule has 1 aliphatic heterocycles. The maximum atomic E-state index is 13.3. The van der Waals surface area contributed by atoms with Crippen LogP contribution in [0, 0.1) is 5.92 Å². The normalized spacial score (nSPS) is 26.9. The Bertz CT molecular complexity index is 1270. The summed E-state index contributed by atoms with van der Waals surface area (Å²) in [6.45, 7) is 7.85. The van der Waals surface area contributed by atoms with Crippen molar-refractivity contribution >= 4 is 11.0 Å². The summed E-state index contributed by atoms with van der Waals surface area (Å²) in [5.74, 6) is 0.110. The average molecular weight is 420 g/mol. The molecule has 31 heavy (non-hydrogen) atoms. The van der Waals surface area contributed by atoms with E-state index in [0.717, 1.165) is 12.0 Å². The summed E-state index contributed by atoms with van der Waals surface area (Å²) in [5.41, 5.74) is 1.38. The molecule has 4 unspecified atom stereocenters. The fraction of sp³-hybridized carbons (Fsp3) is 0.320. The van der Waals surface area contributed by atoms with E-state index in [0.29, 0.717) is 23.3 Å². The quantitative estimate of drug-likeness (QED) is 0.530.